The SMILES string of the molecule is COc1cc2c(cc1OC)C(C(C)c1ccc(CC(C)C)cc1)=NCC2. The fraction of sp³-hybridized carbons (Fsp3) is 0.435. The molecule has 0 saturated carbocycles. The predicted molar refractivity (Wildman–Crippen MR) is 108 cm³/mol. The van der Waals surface area contributed by atoms with Gasteiger partial charge in [-0.2, -0.15) is 0 Å². The Hall–Kier alpha value is -2.29. The largest absolute Gasteiger partial charge is 0.493 e. The molecule has 1 atom stereocenters. The monoisotopic (exact) mass is 351 g/mol. The second-order valence-corrected chi connectivity index (χ2v) is 7.44. The highest BCUT2D eigenvalue weighted by Crippen LogP contribution is 2.35. The van der Waals surface area contributed by atoms with Gasteiger partial charge in [0.05, 0.1) is 14.2 Å². The van der Waals surface area contributed by atoms with Gasteiger partial charge >= 0.3 is 0 Å². The molecule has 138 valence electrons. The Kier molecular flexibility index (Phi) is 5.65. The van der Waals surface area contributed by atoms with Crippen molar-refractivity contribution in [2.24, 2.45) is 10.9 Å². The van der Waals surface area contributed by atoms with Crippen LogP contribution >= 0.6 is 0 Å². The van der Waals surface area contributed by atoms with Crippen molar-refractivity contribution in [3.8, 4) is 11.5 Å². The second-order valence-electron chi connectivity index (χ2n) is 7.44. The van der Waals surface area contributed by atoms with Crippen LogP contribution in [0.15, 0.2) is 41.4 Å². The Balaban J connectivity index is 1.91. The van der Waals surface area contributed by atoms with Gasteiger partial charge in [-0.25, -0.2) is 0 Å². The lowest BCUT2D eigenvalue weighted by Crippen LogP contribution is -2.19. The lowest BCUT2D eigenvalue weighted by Gasteiger charge is -2.24. The van der Waals surface area contributed by atoms with Crippen LogP contribution in [0.2, 0.25) is 0 Å². The number of rotatable bonds is 6. The smallest absolute Gasteiger partial charge is 0.161 e. The summed E-state index contributed by atoms with van der Waals surface area (Å²) < 4.78 is 11.0. The maximum atomic E-state index is 5.51. The molecule has 0 aliphatic carbocycles. The number of methoxy groups -OCH3 is 2. The first-order valence-corrected chi connectivity index (χ1v) is 9.42. The number of ether oxygens (including phenoxy) is 2. The molecule has 2 aromatic carbocycles. The van der Waals surface area contributed by atoms with E-state index in [-0.39, 0.29) is 5.92 Å². The summed E-state index contributed by atoms with van der Waals surface area (Å²) in [4.78, 5) is 4.87. The van der Waals surface area contributed by atoms with E-state index in [0.29, 0.717) is 5.92 Å². The van der Waals surface area contributed by atoms with Crippen LogP contribution in [-0.2, 0) is 12.8 Å². The van der Waals surface area contributed by atoms with Crippen LogP contribution in [0, 0.1) is 5.92 Å². The molecule has 3 nitrogen and oxygen atoms in total. The first-order chi connectivity index (χ1) is 12.5. The molecule has 0 saturated heterocycles. The number of hydrogen-bond donors (Lipinski definition) is 0. The molecule has 0 fully saturated rings. The van der Waals surface area contributed by atoms with E-state index < -0.39 is 0 Å². The molecule has 0 N–H and O–H groups in total. The van der Waals surface area contributed by atoms with E-state index in [0.717, 1.165) is 36.6 Å². The summed E-state index contributed by atoms with van der Waals surface area (Å²) in [5.74, 6) is 2.48. The molecular weight excluding hydrogens is 322 g/mol. The first kappa shape index (κ1) is 18.5. The van der Waals surface area contributed by atoms with Crippen LogP contribution in [0.4, 0.5) is 0 Å². The molecule has 1 unspecified atom stereocenters. The third-order valence-corrected chi connectivity index (χ3v) is 5.08. The maximum Gasteiger partial charge on any atom is 0.161 e. The highest BCUT2D eigenvalue weighted by Gasteiger charge is 2.23. The van der Waals surface area contributed by atoms with Crippen molar-refractivity contribution in [3.63, 3.8) is 0 Å². The van der Waals surface area contributed by atoms with Gasteiger partial charge < -0.3 is 9.47 Å². The van der Waals surface area contributed by atoms with E-state index in [9.17, 15) is 0 Å². The molecule has 2 aromatic rings. The van der Waals surface area contributed by atoms with E-state index in [4.69, 9.17) is 14.5 Å². The van der Waals surface area contributed by atoms with E-state index in [2.05, 4.69) is 57.2 Å². The van der Waals surface area contributed by atoms with Crippen molar-refractivity contribution in [3.05, 3.63) is 58.7 Å². The molecule has 0 radical (unpaired) electrons. The maximum absolute atomic E-state index is 5.51. The molecule has 1 aliphatic heterocycles. The van der Waals surface area contributed by atoms with Crippen molar-refractivity contribution in [2.45, 2.75) is 39.5 Å². The van der Waals surface area contributed by atoms with Gasteiger partial charge in [-0.15, -0.1) is 0 Å². The standard InChI is InChI=1S/C23H29NO2/c1-15(2)12-17-6-8-18(9-7-17)16(3)23-20-14-22(26-5)21(25-4)13-19(20)10-11-24-23/h6-9,13-16H,10-12H2,1-5H3. The normalized spacial score (nSPS) is 14.6. The fourth-order valence-electron chi connectivity index (χ4n) is 3.69. The van der Waals surface area contributed by atoms with Gasteiger partial charge in [0.15, 0.2) is 11.5 Å². The predicted octanol–water partition coefficient (Wildman–Crippen LogP) is 5.05. The topological polar surface area (TPSA) is 30.8 Å². The molecule has 0 spiro atoms. The first-order valence-electron chi connectivity index (χ1n) is 9.42. The van der Waals surface area contributed by atoms with Gasteiger partial charge in [0.25, 0.3) is 0 Å². The van der Waals surface area contributed by atoms with Crippen LogP contribution in [0.3, 0.4) is 0 Å². The second kappa shape index (κ2) is 7.94. The number of nitrogens with zero attached hydrogens (tertiary/aromatic N) is 1. The van der Waals surface area contributed by atoms with Crippen molar-refractivity contribution in [1.82, 2.24) is 0 Å². The third kappa shape index (κ3) is 3.77. The minimum absolute atomic E-state index is 0.250. The average Bonchev–Trinajstić information content (AvgIpc) is 2.65. The Bertz CT molecular complexity index is 791. The van der Waals surface area contributed by atoms with Gasteiger partial charge in [0.1, 0.15) is 0 Å². The van der Waals surface area contributed by atoms with Gasteiger partial charge in [-0.1, -0.05) is 45.0 Å². The van der Waals surface area contributed by atoms with Crippen LogP contribution in [0.5, 0.6) is 11.5 Å². The number of hydrogen-bond acceptors (Lipinski definition) is 3. The lowest BCUT2D eigenvalue weighted by molar-refractivity contribution is 0.354. The average molecular weight is 351 g/mol. The molecule has 0 bridgehead atoms. The van der Waals surface area contributed by atoms with Crippen LogP contribution in [0.25, 0.3) is 0 Å². The Morgan fingerprint density at radius 3 is 2.23 bits per heavy atom. The summed E-state index contributed by atoms with van der Waals surface area (Å²) in [5, 5.41) is 0. The van der Waals surface area contributed by atoms with Crippen LogP contribution in [0.1, 0.15) is 48.9 Å². The summed E-state index contributed by atoms with van der Waals surface area (Å²) in [5.41, 5.74) is 6.32. The lowest BCUT2D eigenvalue weighted by atomic mass is 9.86. The van der Waals surface area contributed by atoms with Gasteiger partial charge in [-0.3, -0.25) is 4.99 Å². The summed E-state index contributed by atoms with van der Waals surface area (Å²) in [6.45, 7) is 7.58. The van der Waals surface area contributed by atoms with E-state index >= 15 is 0 Å². The summed E-state index contributed by atoms with van der Waals surface area (Å²) in [6, 6.07) is 13.2. The van der Waals surface area contributed by atoms with Gasteiger partial charge in [0.2, 0.25) is 0 Å². The van der Waals surface area contributed by atoms with Crippen LogP contribution in [-0.4, -0.2) is 26.5 Å². The van der Waals surface area contributed by atoms with Crippen molar-refractivity contribution in [1.29, 1.82) is 0 Å². The highest BCUT2D eigenvalue weighted by molar-refractivity contribution is 6.07. The molecule has 26 heavy (non-hydrogen) atoms. The zero-order valence-corrected chi connectivity index (χ0v) is 16.5. The molecular formula is C23H29NO2. The molecule has 3 heteroatoms. The van der Waals surface area contributed by atoms with E-state index in [1.807, 2.05) is 0 Å². The summed E-state index contributed by atoms with van der Waals surface area (Å²) >= 11 is 0. The van der Waals surface area contributed by atoms with Crippen molar-refractivity contribution < 1.29 is 9.47 Å². The number of benzene rings is 2. The van der Waals surface area contributed by atoms with Gasteiger partial charge in [0, 0.05) is 23.7 Å². The molecule has 0 amide bonds. The molecule has 1 aliphatic rings. The Morgan fingerprint density at radius 1 is 0.962 bits per heavy atom. The quantitative estimate of drug-likeness (QED) is 0.729. The Labute approximate surface area is 157 Å². The third-order valence-electron chi connectivity index (χ3n) is 5.08. The van der Waals surface area contributed by atoms with E-state index in [1.54, 1.807) is 14.2 Å². The molecule has 1 heterocycles. The minimum atomic E-state index is 0.250. The fourth-order valence-corrected chi connectivity index (χ4v) is 3.69. The Morgan fingerprint density at radius 2 is 1.62 bits per heavy atom. The summed E-state index contributed by atoms with van der Waals surface area (Å²) in [7, 11) is 3.37. The van der Waals surface area contributed by atoms with Crippen LogP contribution < -0.4 is 9.47 Å². The molecule has 3 rings (SSSR count). The number of aliphatic imine (C=N–C) groups is 1. The zero-order valence-electron chi connectivity index (χ0n) is 16.5. The van der Waals surface area contributed by atoms with Gasteiger partial charge in [-0.05, 0) is 47.6 Å². The molecule has 0 aromatic heterocycles. The van der Waals surface area contributed by atoms with Crippen molar-refractivity contribution >= 4 is 5.71 Å². The minimum Gasteiger partial charge on any atom is -0.493 e. The van der Waals surface area contributed by atoms with E-state index in [1.165, 1.54) is 22.3 Å². The highest BCUT2D eigenvalue weighted by atomic mass is 16.5. The van der Waals surface area contributed by atoms with Crippen molar-refractivity contribution in [2.75, 3.05) is 20.8 Å². The number of fused-ring (bicyclic) bond motifs is 1. The zero-order chi connectivity index (χ0) is 18.7. The summed E-state index contributed by atoms with van der Waals surface area (Å²) in [6.07, 6.45) is 2.06.